The number of amides is 1. The normalized spacial score (nSPS) is 13.3. The monoisotopic (exact) mass is 270 g/mol. The van der Waals surface area contributed by atoms with Gasteiger partial charge in [0, 0.05) is 25.1 Å². The quantitative estimate of drug-likeness (QED) is 0.795. The fourth-order valence-electron chi connectivity index (χ4n) is 1.50. The largest absolute Gasteiger partial charge is 0.385 e. The van der Waals surface area contributed by atoms with Gasteiger partial charge in [-0.1, -0.05) is 19.9 Å². The Bertz CT molecular complexity index is 363. The van der Waals surface area contributed by atoms with Crippen molar-refractivity contribution in [1.82, 2.24) is 5.32 Å². The first-order chi connectivity index (χ1) is 8.46. The number of ether oxygens (including phenoxy) is 1. The van der Waals surface area contributed by atoms with Crippen LogP contribution in [0, 0.1) is 5.41 Å². The van der Waals surface area contributed by atoms with Crippen molar-refractivity contribution in [3.05, 3.63) is 22.4 Å². The second-order valence-electron chi connectivity index (χ2n) is 5.12. The summed E-state index contributed by atoms with van der Waals surface area (Å²) in [5, 5.41) is 4.83. The molecule has 0 aliphatic heterocycles. The molecule has 0 aromatic carbocycles. The van der Waals surface area contributed by atoms with E-state index in [0.717, 1.165) is 11.3 Å². The second-order valence-corrected chi connectivity index (χ2v) is 6.10. The molecule has 1 rings (SSSR count). The Balaban J connectivity index is 2.41. The highest BCUT2D eigenvalue weighted by atomic mass is 32.1. The highest BCUT2D eigenvalue weighted by Gasteiger charge is 2.22. The molecular weight excluding hydrogens is 248 g/mol. The third kappa shape index (κ3) is 4.76. The number of nitrogens with one attached hydrogen (secondary N) is 1. The number of methoxy groups -OCH3 is 1. The van der Waals surface area contributed by atoms with E-state index in [1.165, 1.54) is 11.3 Å². The second kappa shape index (κ2) is 6.87. The summed E-state index contributed by atoms with van der Waals surface area (Å²) in [6.07, 6.45) is 0.901. The minimum absolute atomic E-state index is 0.0147. The summed E-state index contributed by atoms with van der Waals surface area (Å²) in [4.78, 5) is 12.8. The van der Waals surface area contributed by atoms with Gasteiger partial charge in [0.2, 0.25) is 5.91 Å². The van der Waals surface area contributed by atoms with E-state index in [-0.39, 0.29) is 11.3 Å². The molecule has 0 radical (unpaired) electrons. The van der Waals surface area contributed by atoms with Crippen LogP contribution in [0.2, 0.25) is 0 Å². The highest BCUT2D eigenvalue weighted by molar-refractivity contribution is 7.10. The molecular formula is C13H22N2O2S. The van der Waals surface area contributed by atoms with E-state index in [2.05, 4.69) is 19.2 Å². The van der Waals surface area contributed by atoms with Gasteiger partial charge in [-0.2, -0.15) is 0 Å². The molecule has 0 saturated carbocycles. The van der Waals surface area contributed by atoms with Crippen LogP contribution in [-0.2, 0) is 9.53 Å². The Morgan fingerprint density at radius 2 is 2.33 bits per heavy atom. The fourth-order valence-corrected chi connectivity index (χ4v) is 2.23. The lowest BCUT2D eigenvalue weighted by molar-refractivity contribution is -0.122. The van der Waals surface area contributed by atoms with Crippen molar-refractivity contribution in [3.63, 3.8) is 0 Å². The van der Waals surface area contributed by atoms with Crippen molar-refractivity contribution in [2.75, 3.05) is 20.3 Å². The van der Waals surface area contributed by atoms with Gasteiger partial charge in [0.1, 0.15) is 6.04 Å². The zero-order valence-corrected chi connectivity index (χ0v) is 12.0. The zero-order valence-electron chi connectivity index (χ0n) is 11.2. The Hall–Kier alpha value is -0.910. The van der Waals surface area contributed by atoms with Crippen LogP contribution in [0.4, 0.5) is 0 Å². The van der Waals surface area contributed by atoms with Gasteiger partial charge in [0.05, 0.1) is 0 Å². The van der Waals surface area contributed by atoms with Crippen molar-refractivity contribution < 1.29 is 9.53 Å². The number of carbonyl (C=O) groups excluding carboxylic acids is 1. The molecule has 1 aromatic rings. The van der Waals surface area contributed by atoms with Gasteiger partial charge in [0.15, 0.2) is 0 Å². The van der Waals surface area contributed by atoms with Crippen LogP contribution in [0.1, 0.15) is 31.2 Å². The van der Waals surface area contributed by atoms with Gasteiger partial charge < -0.3 is 15.8 Å². The smallest absolute Gasteiger partial charge is 0.242 e. The predicted octanol–water partition coefficient (Wildman–Crippen LogP) is 1.93. The number of rotatable bonds is 7. The molecule has 0 spiro atoms. The Kier molecular flexibility index (Phi) is 5.78. The molecule has 1 amide bonds. The van der Waals surface area contributed by atoms with E-state index in [0.29, 0.717) is 13.2 Å². The molecule has 5 heteroatoms. The lowest BCUT2D eigenvalue weighted by atomic mass is 9.89. The molecule has 0 aliphatic carbocycles. The van der Waals surface area contributed by atoms with Crippen LogP contribution < -0.4 is 11.1 Å². The minimum atomic E-state index is -0.566. The van der Waals surface area contributed by atoms with Crippen molar-refractivity contribution in [3.8, 4) is 0 Å². The summed E-state index contributed by atoms with van der Waals surface area (Å²) in [6.45, 7) is 5.50. The summed E-state index contributed by atoms with van der Waals surface area (Å²) < 4.78 is 5.06. The first-order valence-corrected chi connectivity index (χ1v) is 6.90. The molecule has 1 heterocycles. The van der Waals surface area contributed by atoms with Crippen molar-refractivity contribution in [2.24, 2.45) is 11.1 Å². The molecule has 4 nitrogen and oxygen atoms in total. The van der Waals surface area contributed by atoms with Crippen molar-refractivity contribution in [2.45, 2.75) is 26.3 Å². The fraction of sp³-hybridized carbons (Fsp3) is 0.615. The number of hydrogen-bond donors (Lipinski definition) is 2. The maximum Gasteiger partial charge on any atom is 0.242 e. The first kappa shape index (κ1) is 15.1. The topological polar surface area (TPSA) is 64.3 Å². The van der Waals surface area contributed by atoms with E-state index in [1.54, 1.807) is 7.11 Å². The van der Waals surface area contributed by atoms with Crippen LogP contribution >= 0.6 is 11.3 Å². The lowest BCUT2D eigenvalue weighted by Gasteiger charge is -2.25. The summed E-state index contributed by atoms with van der Waals surface area (Å²) in [6, 6.07) is 3.21. The first-order valence-electron chi connectivity index (χ1n) is 6.02. The standard InChI is InChI=1S/C13H22N2O2S/c1-13(2,6-7-17-3)9-15-12(16)11(14)10-5-4-8-18-10/h4-5,8,11H,6-7,9,14H2,1-3H3,(H,15,16). The average molecular weight is 270 g/mol. The minimum Gasteiger partial charge on any atom is -0.385 e. The highest BCUT2D eigenvalue weighted by Crippen LogP contribution is 2.20. The van der Waals surface area contributed by atoms with Crippen molar-refractivity contribution >= 4 is 17.2 Å². The molecule has 0 saturated heterocycles. The van der Waals surface area contributed by atoms with Crippen LogP contribution in [0.15, 0.2) is 17.5 Å². The third-order valence-electron chi connectivity index (χ3n) is 2.86. The summed E-state index contributed by atoms with van der Waals surface area (Å²) in [5.41, 5.74) is 5.90. The molecule has 1 atom stereocenters. The third-order valence-corrected chi connectivity index (χ3v) is 3.81. The van der Waals surface area contributed by atoms with E-state index in [4.69, 9.17) is 10.5 Å². The van der Waals surface area contributed by atoms with Gasteiger partial charge in [-0.25, -0.2) is 0 Å². The van der Waals surface area contributed by atoms with Gasteiger partial charge in [-0.15, -0.1) is 11.3 Å². The SMILES string of the molecule is COCCC(C)(C)CNC(=O)C(N)c1cccs1. The zero-order chi connectivity index (χ0) is 13.6. The molecule has 1 aromatic heterocycles. The van der Waals surface area contributed by atoms with E-state index < -0.39 is 6.04 Å². The molecule has 0 bridgehead atoms. The molecule has 1 unspecified atom stereocenters. The van der Waals surface area contributed by atoms with Crippen molar-refractivity contribution in [1.29, 1.82) is 0 Å². The van der Waals surface area contributed by atoms with Crippen LogP contribution in [0.3, 0.4) is 0 Å². The van der Waals surface area contributed by atoms with Gasteiger partial charge in [-0.05, 0) is 23.3 Å². The molecule has 102 valence electrons. The Morgan fingerprint density at radius 3 is 2.89 bits per heavy atom. The molecule has 3 N–H and O–H groups in total. The van der Waals surface area contributed by atoms with Crippen LogP contribution in [0.25, 0.3) is 0 Å². The average Bonchev–Trinajstić information content (AvgIpc) is 2.86. The number of thiophene rings is 1. The van der Waals surface area contributed by atoms with Crippen LogP contribution in [-0.4, -0.2) is 26.2 Å². The van der Waals surface area contributed by atoms with E-state index in [9.17, 15) is 4.79 Å². The van der Waals surface area contributed by atoms with Crippen LogP contribution in [0.5, 0.6) is 0 Å². The summed E-state index contributed by atoms with van der Waals surface area (Å²) in [5.74, 6) is -0.122. The summed E-state index contributed by atoms with van der Waals surface area (Å²) in [7, 11) is 1.68. The Morgan fingerprint density at radius 1 is 1.61 bits per heavy atom. The molecule has 18 heavy (non-hydrogen) atoms. The Labute approximate surface area is 113 Å². The van der Waals surface area contributed by atoms with Gasteiger partial charge >= 0.3 is 0 Å². The maximum atomic E-state index is 11.9. The lowest BCUT2D eigenvalue weighted by Crippen LogP contribution is -2.39. The number of nitrogens with two attached hydrogens (primary N) is 1. The number of carbonyl (C=O) groups is 1. The van der Waals surface area contributed by atoms with E-state index >= 15 is 0 Å². The predicted molar refractivity (Wildman–Crippen MR) is 74.5 cm³/mol. The van der Waals surface area contributed by atoms with E-state index in [1.807, 2.05) is 17.5 Å². The van der Waals surface area contributed by atoms with Gasteiger partial charge in [-0.3, -0.25) is 4.79 Å². The maximum absolute atomic E-state index is 11.9. The summed E-state index contributed by atoms with van der Waals surface area (Å²) >= 11 is 1.50. The van der Waals surface area contributed by atoms with Gasteiger partial charge in [0.25, 0.3) is 0 Å². The molecule has 0 aliphatic rings. The number of hydrogen-bond acceptors (Lipinski definition) is 4. The molecule has 0 fully saturated rings.